The molecule has 4 aromatic rings. The number of fused-ring (bicyclic) bond motifs is 1. The van der Waals surface area contributed by atoms with Crippen LogP contribution >= 0.6 is 11.6 Å². The van der Waals surface area contributed by atoms with Gasteiger partial charge in [-0.1, -0.05) is 11.6 Å². The lowest BCUT2D eigenvalue weighted by atomic mass is 10.1. The summed E-state index contributed by atoms with van der Waals surface area (Å²) in [5, 5.41) is 1.75. The second kappa shape index (κ2) is 7.72. The number of halogens is 1. The molecule has 1 N–H and O–H groups in total. The summed E-state index contributed by atoms with van der Waals surface area (Å²) in [5.74, 6) is 1.01. The predicted octanol–water partition coefficient (Wildman–Crippen LogP) is 3.75. The zero-order valence-corrected chi connectivity index (χ0v) is 18.1. The van der Waals surface area contributed by atoms with Crippen LogP contribution in [-0.4, -0.2) is 38.7 Å². The quantitative estimate of drug-likeness (QED) is 0.527. The molecule has 3 aromatic heterocycles. The predicted molar refractivity (Wildman–Crippen MR) is 119 cm³/mol. The molecule has 1 unspecified atom stereocenters. The van der Waals surface area contributed by atoms with Crippen LogP contribution < -0.4 is 10.2 Å². The maximum absolute atomic E-state index is 6.24. The van der Waals surface area contributed by atoms with Crippen molar-refractivity contribution < 1.29 is 9.57 Å². The fraction of sp³-hybridized carbons (Fsp3) is 0.227. The van der Waals surface area contributed by atoms with Gasteiger partial charge in [-0.15, -0.1) is 0 Å². The Morgan fingerprint density at radius 3 is 2.87 bits per heavy atom. The number of nitrogens with one attached hydrogen (secondary N) is 1. The highest BCUT2D eigenvalue weighted by atomic mass is 35.5. The highest BCUT2D eigenvalue weighted by Crippen LogP contribution is 2.32. The van der Waals surface area contributed by atoms with Gasteiger partial charge in [0.25, 0.3) is 0 Å². The Labute approximate surface area is 184 Å². The molecule has 0 fully saturated rings. The smallest absolute Gasteiger partial charge is 0.238 e. The maximum Gasteiger partial charge on any atom is 0.238 e. The number of pyridine rings is 1. The van der Waals surface area contributed by atoms with Gasteiger partial charge in [0.2, 0.25) is 5.88 Å². The number of rotatable bonds is 4. The number of imidazole rings is 1. The van der Waals surface area contributed by atoms with Crippen LogP contribution in [0.15, 0.2) is 54.0 Å². The number of methoxy groups -OCH3 is 1. The molecule has 0 amide bonds. The van der Waals surface area contributed by atoms with Crippen molar-refractivity contribution >= 4 is 28.3 Å². The fourth-order valence-corrected chi connectivity index (χ4v) is 3.98. The zero-order valence-electron chi connectivity index (χ0n) is 17.3. The van der Waals surface area contributed by atoms with E-state index in [1.807, 2.05) is 55.1 Å². The maximum atomic E-state index is 6.24. The van der Waals surface area contributed by atoms with Gasteiger partial charge in [0, 0.05) is 40.9 Å². The molecule has 1 aliphatic rings. The van der Waals surface area contributed by atoms with Gasteiger partial charge >= 0.3 is 0 Å². The lowest BCUT2D eigenvalue weighted by molar-refractivity contribution is 0.0623. The summed E-state index contributed by atoms with van der Waals surface area (Å²) >= 11 is 6.24. The Morgan fingerprint density at radius 1 is 1.23 bits per heavy atom. The number of amidine groups is 1. The molecule has 4 heterocycles. The summed E-state index contributed by atoms with van der Waals surface area (Å²) < 4.78 is 9.47. The van der Waals surface area contributed by atoms with Crippen LogP contribution in [-0.2, 0) is 11.9 Å². The molecule has 0 saturated carbocycles. The van der Waals surface area contributed by atoms with Crippen LogP contribution in [0.4, 0.5) is 0 Å². The summed E-state index contributed by atoms with van der Waals surface area (Å²) in [6.45, 7) is 2.34. The topological polar surface area (TPSA) is 78.5 Å². The SMILES string of the molecule is COc1nc(C2=NC(c3cn(C)c4ccc(Cl)cc34)CON2)ccc1-n1cnc(C)c1. The molecule has 5 rings (SSSR count). The number of hydrogen-bond acceptors (Lipinski definition) is 6. The molecule has 0 aliphatic carbocycles. The largest absolute Gasteiger partial charge is 0.479 e. The molecule has 0 bridgehead atoms. The number of hydroxylamine groups is 1. The second-order valence-electron chi connectivity index (χ2n) is 7.41. The molecule has 1 aliphatic heterocycles. The Hall–Kier alpha value is -3.36. The summed E-state index contributed by atoms with van der Waals surface area (Å²) in [5.41, 5.74) is 7.37. The number of aryl methyl sites for hydroxylation is 2. The Balaban J connectivity index is 1.53. The van der Waals surface area contributed by atoms with Gasteiger partial charge in [-0.25, -0.2) is 15.4 Å². The van der Waals surface area contributed by atoms with Crippen LogP contribution in [0.2, 0.25) is 5.02 Å². The Bertz CT molecular complexity index is 1310. The highest BCUT2D eigenvalue weighted by molar-refractivity contribution is 6.31. The van der Waals surface area contributed by atoms with Crippen molar-refractivity contribution in [2.45, 2.75) is 13.0 Å². The van der Waals surface area contributed by atoms with Gasteiger partial charge < -0.3 is 13.9 Å². The highest BCUT2D eigenvalue weighted by Gasteiger charge is 2.23. The van der Waals surface area contributed by atoms with Gasteiger partial charge in [0.15, 0.2) is 5.84 Å². The van der Waals surface area contributed by atoms with Gasteiger partial charge in [-0.05, 0) is 37.3 Å². The summed E-state index contributed by atoms with van der Waals surface area (Å²) in [7, 11) is 3.60. The molecule has 0 spiro atoms. The minimum Gasteiger partial charge on any atom is -0.479 e. The Kier molecular flexibility index (Phi) is 4.88. The molecule has 9 heteroatoms. The van der Waals surface area contributed by atoms with Gasteiger partial charge in [-0.3, -0.25) is 9.83 Å². The van der Waals surface area contributed by atoms with Crippen LogP contribution in [0.3, 0.4) is 0 Å². The number of hydrogen-bond donors (Lipinski definition) is 1. The standard InChI is InChI=1S/C22H21ClN6O2/c1-13-9-29(12-24-13)20-7-5-17(26-22(20)30-3)21-25-18(11-31-27-21)16-10-28(2)19-6-4-14(23)8-15(16)19/h4-10,12,18H,11H2,1-3H3,(H,25,27). The fourth-order valence-electron chi connectivity index (χ4n) is 3.81. The molecule has 158 valence electrons. The first kappa shape index (κ1) is 19.6. The zero-order chi connectivity index (χ0) is 21.5. The first-order valence-electron chi connectivity index (χ1n) is 9.80. The second-order valence-corrected chi connectivity index (χ2v) is 7.85. The first-order valence-corrected chi connectivity index (χ1v) is 10.2. The molecule has 0 radical (unpaired) electrons. The van der Waals surface area contributed by atoms with Crippen LogP contribution in [0, 0.1) is 6.92 Å². The van der Waals surface area contributed by atoms with E-state index in [1.165, 1.54) is 0 Å². The third-order valence-electron chi connectivity index (χ3n) is 5.30. The molecule has 0 saturated heterocycles. The van der Waals surface area contributed by atoms with E-state index in [9.17, 15) is 0 Å². The van der Waals surface area contributed by atoms with Crippen molar-refractivity contribution in [2.24, 2.45) is 12.0 Å². The lowest BCUT2D eigenvalue weighted by Crippen LogP contribution is -2.33. The lowest BCUT2D eigenvalue weighted by Gasteiger charge is -2.22. The summed E-state index contributed by atoms with van der Waals surface area (Å²) in [4.78, 5) is 19.5. The molecule has 8 nitrogen and oxygen atoms in total. The minimum absolute atomic E-state index is 0.192. The van der Waals surface area contributed by atoms with E-state index in [2.05, 4.69) is 26.2 Å². The number of aromatic nitrogens is 4. The van der Waals surface area contributed by atoms with Crippen molar-refractivity contribution in [3.05, 3.63) is 71.0 Å². The molecular weight excluding hydrogens is 416 g/mol. The van der Waals surface area contributed by atoms with E-state index >= 15 is 0 Å². The summed E-state index contributed by atoms with van der Waals surface area (Å²) in [6, 6.07) is 9.48. The Morgan fingerprint density at radius 2 is 2.10 bits per heavy atom. The normalized spacial score (nSPS) is 16.3. The number of aliphatic imine (C=N–C) groups is 1. The first-order chi connectivity index (χ1) is 15.0. The molecule has 1 aromatic carbocycles. The molecule has 31 heavy (non-hydrogen) atoms. The molecular formula is C22H21ClN6O2. The van der Waals surface area contributed by atoms with Crippen molar-refractivity contribution in [2.75, 3.05) is 13.7 Å². The van der Waals surface area contributed by atoms with Gasteiger partial charge in [-0.2, -0.15) is 0 Å². The van der Waals surface area contributed by atoms with Crippen molar-refractivity contribution in [1.29, 1.82) is 0 Å². The minimum atomic E-state index is -0.192. The van der Waals surface area contributed by atoms with Crippen LogP contribution in [0.5, 0.6) is 5.88 Å². The van der Waals surface area contributed by atoms with Crippen molar-refractivity contribution in [3.63, 3.8) is 0 Å². The van der Waals surface area contributed by atoms with Gasteiger partial charge in [0.05, 0.1) is 19.1 Å². The summed E-state index contributed by atoms with van der Waals surface area (Å²) in [6.07, 6.45) is 5.72. The van der Waals surface area contributed by atoms with E-state index in [0.29, 0.717) is 29.0 Å². The average Bonchev–Trinajstić information content (AvgIpc) is 3.36. The number of benzene rings is 1. The van der Waals surface area contributed by atoms with E-state index < -0.39 is 0 Å². The van der Waals surface area contributed by atoms with Gasteiger partial charge in [0.1, 0.15) is 24.0 Å². The third-order valence-corrected chi connectivity index (χ3v) is 5.54. The monoisotopic (exact) mass is 436 g/mol. The third kappa shape index (κ3) is 3.54. The van der Waals surface area contributed by atoms with E-state index in [0.717, 1.165) is 27.8 Å². The van der Waals surface area contributed by atoms with Crippen molar-refractivity contribution in [1.82, 2.24) is 24.6 Å². The van der Waals surface area contributed by atoms with E-state index in [4.69, 9.17) is 26.2 Å². The number of ether oxygens (including phenoxy) is 1. The van der Waals surface area contributed by atoms with E-state index in [1.54, 1.807) is 13.4 Å². The van der Waals surface area contributed by atoms with Crippen molar-refractivity contribution in [3.8, 4) is 11.6 Å². The van der Waals surface area contributed by atoms with E-state index in [-0.39, 0.29) is 6.04 Å². The van der Waals surface area contributed by atoms with Crippen LogP contribution in [0.25, 0.3) is 16.6 Å². The molecule has 1 atom stereocenters. The van der Waals surface area contributed by atoms with Crippen LogP contribution in [0.1, 0.15) is 23.0 Å². The average molecular weight is 437 g/mol. The number of nitrogens with zero attached hydrogens (tertiary/aromatic N) is 5.